The van der Waals surface area contributed by atoms with E-state index in [4.69, 9.17) is 0 Å². The highest BCUT2D eigenvalue weighted by molar-refractivity contribution is 5.97. The number of carbonyl (C=O) groups excluding carboxylic acids is 1. The normalized spacial score (nSPS) is 9.71. The van der Waals surface area contributed by atoms with Crippen LogP contribution >= 0.6 is 0 Å². The lowest BCUT2D eigenvalue weighted by molar-refractivity contribution is 0.0960. The van der Waals surface area contributed by atoms with Crippen LogP contribution < -0.4 is 0 Å². The zero-order valence-electron chi connectivity index (χ0n) is 9.68. The van der Waals surface area contributed by atoms with Gasteiger partial charge >= 0.3 is 0 Å². The number of nitrogens with zero attached hydrogens (tertiary/aromatic N) is 1. The average molecular weight is 223 g/mol. The second-order valence-electron chi connectivity index (χ2n) is 3.82. The number of benzene rings is 1. The Hall–Kier alpha value is -2.31. The number of hydrogen-bond donors (Lipinski definition) is 0. The molecule has 0 aliphatic carbocycles. The quantitative estimate of drug-likeness (QED) is 0.716. The van der Waals surface area contributed by atoms with Gasteiger partial charge < -0.3 is 0 Å². The molecule has 0 aliphatic heterocycles. The van der Waals surface area contributed by atoms with Gasteiger partial charge in [-0.05, 0) is 31.2 Å². The lowest BCUT2D eigenvalue weighted by atomic mass is 10.1. The Morgan fingerprint density at radius 3 is 2.65 bits per heavy atom. The number of hydrogen-bond acceptors (Lipinski definition) is 1. The van der Waals surface area contributed by atoms with Crippen molar-refractivity contribution in [2.75, 3.05) is 0 Å². The molecule has 2 heteroatoms. The van der Waals surface area contributed by atoms with Crippen LogP contribution in [0.1, 0.15) is 21.6 Å². The molecule has 1 heterocycles. The second kappa shape index (κ2) is 4.69. The Labute approximate surface area is 101 Å². The monoisotopic (exact) mass is 223 g/mol. The first-order valence-corrected chi connectivity index (χ1v) is 5.37. The molecule has 0 atom stereocenters. The number of aromatic nitrogens is 1. The molecule has 0 saturated heterocycles. The fraction of sp³-hybridized carbons (Fsp3) is 0.0667. The third-order valence-electron chi connectivity index (χ3n) is 2.55. The number of rotatable bonds is 2. The molecule has 0 unspecified atom stereocenters. The van der Waals surface area contributed by atoms with E-state index in [1.54, 1.807) is 16.8 Å². The van der Waals surface area contributed by atoms with Crippen LogP contribution in [0.5, 0.6) is 0 Å². The Kier molecular flexibility index (Phi) is 3.08. The maximum atomic E-state index is 12.2. The fourth-order valence-electron chi connectivity index (χ4n) is 1.64. The van der Waals surface area contributed by atoms with Gasteiger partial charge in [-0.15, -0.1) is 5.73 Å². The molecule has 2 aromatic rings. The zero-order chi connectivity index (χ0) is 12.3. The van der Waals surface area contributed by atoms with Crippen LogP contribution in [0.4, 0.5) is 0 Å². The maximum absolute atomic E-state index is 12.2. The second-order valence-corrected chi connectivity index (χ2v) is 3.82. The molecule has 1 aromatic heterocycles. The predicted molar refractivity (Wildman–Crippen MR) is 68.9 cm³/mol. The van der Waals surface area contributed by atoms with Gasteiger partial charge in [-0.3, -0.25) is 9.36 Å². The molecule has 2 nitrogen and oxygen atoms in total. The van der Waals surface area contributed by atoms with E-state index in [0.717, 1.165) is 11.3 Å². The molecular formula is C15H13NO. The summed E-state index contributed by atoms with van der Waals surface area (Å²) in [6, 6.07) is 11.2. The van der Waals surface area contributed by atoms with E-state index in [9.17, 15) is 4.79 Å². The van der Waals surface area contributed by atoms with E-state index in [1.165, 1.54) is 0 Å². The summed E-state index contributed by atoms with van der Waals surface area (Å²) in [4.78, 5) is 12.2. The number of aryl methyl sites for hydroxylation is 1. The molecule has 1 aromatic carbocycles. The Balaban J connectivity index is 2.40. The van der Waals surface area contributed by atoms with Crippen molar-refractivity contribution in [3.05, 3.63) is 71.7 Å². The van der Waals surface area contributed by atoms with Gasteiger partial charge in [0.1, 0.15) is 0 Å². The minimum atomic E-state index is -0.0449. The summed E-state index contributed by atoms with van der Waals surface area (Å²) in [5.74, 6) is -0.0449. The summed E-state index contributed by atoms with van der Waals surface area (Å²) >= 11 is 0. The predicted octanol–water partition coefficient (Wildman–Crippen LogP) is 3.28. The van der Waals surface area contributed by atoms with Gasteiger partial charge in [0, 0.05) is 17.8 Å². The molecule has 17 heavy (non-hydrogen) atoms. The number of carbonyl (C=O) groups is 1. The first-order valence-electron chi connectivity index (χ1n) is 5.37. The van der Waals surface area contributed by atoms with Crippen molar-refractivity contribution in [1.29, 1.82) is 0 Å². The highest BCUT2D eigenvalue weighted by Gasteiger charge is 2.09. The van der Waals surface area contributed by atoms with Gasteiger partial charge in [0.2, 0.25) is 0 Å². The lowest BCUT2D eigenvalue weighted by Gasteiger charge is -2.05. The van der Waals surface area contributed by atoms with Crippen LogP contribution in [0.2, 0.25) is 0 Å². The molecule has 0 fully saturated rings. The van der Waals surface area contributed by atoms with Crippen LogP contribution in [-0.2, 0) is 0 Å². The first-order chi connectivity index (χ1) is 8.22. The van der Waals surface area contributed by atoms with Crippen molar-refractivity contribution < 1.29 is 4.79 Å². The summed E-state index contributed by atoms with van der Waals surface area (Å²) in [6.45, 7) is 5.51. The van der Waals surface area contributed by atoms with E-state index in [2.05, 4.69) is 12.3 Å². The largest absolute Gasteiger partial charge is 0.283 e. The van der Waals surface area contributed by atoms with Gasteiger partial charge in [-0.1, -0.05) is 24.3 Å². The van der Waals surface area contributed by atoms with Crippen LogP contribution in [0.15, 0.2) is 54.9 Å². The van der Waals surface area contributed by atoms with Crippen LogP contribution in [-0.4, -0.2) is 10.5 Å². The molecule has 2 rings (SSSR count). The molecule has 84 valence electrons. The standard InChI is InChI=1S/C15H13NO/c1-3-5-14-6-4-11-16(14)15(17)13-9-7-12(2)8-10-13/h4-11H,1H2,2H3. The van der Waals surface area contributed by atoms with Gasteiger partial charge in [0.15, 0.2) is 0 Å². The van der Waals surface area contributed by atoms with Crippen molar-refractivity contribution in [2.24, 2.45) is 0 Å². The Bertz CT molecular complexity index is 584. The lowest BCUT2D eigenvalue weighted by Crippen LogP contribution is -2.12. The van der Waals surface area contributed by atoms with Crippen LogP contribution in [0.25, 0.3) is 6.08 Å². The zero-order valence-corrected chi connectivity index (χ0v) is 9.68. The van der Waals surface area contributed by atoms with Crippen LogP contribution in [0, 0.1) is 6.92 Å². The minimum absolute atomic E-state index is 0.0449. The average Bonchev–Trinajstić information content (AvgIpc) is 2.78. The summed E-state index contributed by atoms with van der Waals surface area (Å²) in [6.07, 6.45) is 3.43. The summed E-state index contributed by atoms with van der Waals surface area (Å²) in [5.41, 5.74) is 5.27. The summed E-state index contributed by atoms with van der Waals surface area (Å²) < 4.78 is 1.59. The maximum Gasteiger partial charge on any atom is 0.262 e. The van der Waals surface area contributed by atoms with E-state index >= 15 is 0 Å². The molecule has 0 amide bonds. The van der Waals surface area contributed by atoms with E-state index in [-0.39, 0.29) is 5.91 Å². The van der Waals surface area contributed by atoms with Crippen molar-refractivity contribution in [1.82, 2.24) is 4.57 Å². The Morgan fingerprint density at radius 1 is 1.29 bits per heavy atom. The molecule has 0 spiro atoms. The van der Waals surface area contributed by atoms with Gasteiger partial charge in [0.05, 0.1) is 5.69 Å². The van der Waals surface area contributed by atoms with E-state index in [1.807, 2.05) is 43.3 Å². The van der Waals surface area contributed by atoms with E-state index < -0.39 is 0 Å². The molecule has 0 saturated carbocycles. The van der Waals surface area contributed by atoms with Crippen molar-refractivity contribution in [3.63, 3.8) is 0 Å². The molecule has 0 aliphatic rings. The molecule has 0 bridgehead atoms. The van der Waals surface area contributed by atoms with Crippen LogP contribution in [0.3, 0.4) is 0 Å². The highest BCUT2D eigenvalue weighted by Crippen LogP contribution is 2.10. The topological polar surface area (TPSA) is 22.0 Å². The van der Waals surface area contributed by atoms with Gasteiger partial charge in [0.25, 0.3) is 5.91 Å². The smallest absolute Gasteiger partial charge is 0.262 e. The summed E-state index contributed by atoms with van der Waals surface area (Å²) in [7, 11) is 0. The third kappa shape index (κ3) is 2.27. The summed E-state index contributed by atoms with van der Waals surface area (Å²) in [5, 5.41) is 0. The highest BCUT2D eigenvalue weighted by atomic mass is 16.2. The molecule has 0 radical (unpaired) electrons. The SMILES string of the molecule is C=C=Cc1cccn1C(=O)c1ccc(C)cc1. The third-order valence-corrected chi connectivity index (χ3v) is 2.55. The van der Waals surface area contributed by atoms with Crippen molar-refractivity contribution in [2.45, 2.75) is 6.92 Å². The fourth-order valence-corrected chi connectivity index (χ4v) is 1.64. The Morgan fingerprint density at radius 2 is 2.00 bits per heavy atom. The first kappa shape index (κ1) is 11.2. The van der Waals surface area contributed by atoms with E-state index in [0.29, 0.717) is 5.56 Å². The van der Waals surface area contributed by atoms with Gasteiger partial charge in [-0.2, -0.15) is 0 Å². The van der Waals surface area contributed by atoms with Crippen molar-refractivity contribution in [3.8, 4) is 0 Å². The minimum Gasteiger partial charge on any atom is -0.283 e. The van der Waals surface area contributed by atoms with Gasteiger partial charge in [-0.25, -0.2) is 0 Å². The molecule has 0 N–H and O–H groups in total. The van der Waals surface area contributed by atoms with Crippen molar-refractivity contribution >= 4 is 12.0 Å². The molecular weight excluding hydrogens is 210 g/mol.